The van der Waals surface area contributed by atoms with Crippen molar-refractivity contribution in [2.24, 2.45) is 5.92 Å². The van der Waals surface area contributed by atoms with Crippen molar-refractivity contribution in [1.82, 2.24) is 4.90 Å². The largest absolute Gasteiger partial charge is 0.300 e. The zero-order valence-corrected chi connectivity index (χ0v) is 15.4. The van der Waals surface area contributed by atoms with Crippen LogP contribution in [-0.2, 0) is 0 Å². The van der Waals surface area contributed by atoms with Gasteiger partial charge in [0.1, 0.15) is 0 Å². The zero-order chi connectivity index (χ0) is 16.9. The first-order valence-electron chi connectivity index (χ1n) is 8.88. The number of hydrogen-bond acceptors (Lipinski definition) is 1. The number of likely N-dealkylation sites (tertiary alicyclic amines) is 1. The van der Waals surface area contributed by atoms with E-state index in [0.717, 1.165) is 23.0 Å². The van der Waals surface area contributed by atoms with E-state index in [1.165, 1.54) is 42.6 Å². The van der Waals surface area contributed by atoms with Gasteiger partial charge in [0, 0.05) is 17.1 Å². The van der Waals surface area contributed by atoms with Crippen LogP contribution in [0, 0.1) is 5.92 Å². The van der Waals surface area contributed by atoms with Crippen LogP contribution in [0.1, 0.15) is 32.3 Å². The predicted octanol–water partition coefficient (Wildman–Crippen LogP) is 6.14. The highest BCUT2D eigenvalue weighted by molar-refractivity contribution is 6.33. The fraction of sp³-hybridized carbons (Fsp3) is 0.364. The smallest absolute Gasteiger partial charge is 0.0484 e. The minimum absolute atomic E-state index is 0.803. The van der Waals surface area contributed by atoms with E-state index in [2.05, 4.69) is 55.2 Å². The lowest BCUT2D eigenvalue weighted by Gasteiger charge is -2.29. The quantitative estimate of drug-likeness (QED) is 0.646. The summed E-state index contributed by atoms with van der Waals surface area (Å²) in [6.07, 6.45) is 5.03. The van der Waals surface area contributed by atoms with Gasteiger partial charge in [0.2, 0.25) is 0 Å². The van der Waals surface area contributed by atoms with Crippen molar-refractivity contribution in [2.45, 2.75) is 26.7 Å². The van der Waals surface area contributed by atoms with Gasteiger partial charge < -0.3 is 0 Å². The molecule has 1 heterocycles. The van der Waals surface area contributed by atoms with Gasteiger partial charge in [-0.15, -0.1) is 0 Å². The molecule has 1 saturated heterocycles. The molecule has 0 radical (unpaired) electrons. The number of hydrogen-bond donors (Lipinski definition) is 0. The minimum atomic E-state index is 0.803. The summed E-state index contributed by atoms with van der Waals surface area (Å²) in [4.78, 5) is 2.56. The van der Waals surface area contributed by atoms with Crippen molar-refractivity contribution < 1.29 is 0 Å². The van der Waals surface area contributed by atoms with E-state index in [1.807, 2.05) is 18.2 Å². The van der Waals surface area contributed by atoms with E-state index in [9.17, 15) is 0 Å². The van der Waals surface area contributed by atoms with Crippen molar-refractivity contribution in [3.8, 4) is 11.1 Å². The summed E-state index contributed by atoms with van der Waals surface area (Å²) in [7, 11) is 0. The van der Waals surface area contributed by atoms with E-state index < -0.39 is 0 Å². The summed E-state index contributed by atoms with van der Waals surface area (Å²) in [5.74, 6) is 0.892. The van der Waals surface area contributed by atoms with Crippen molar-refractivity contribution in [1.29, 1.82) is 0 Å². The second kappa shape index (κ2) is 8.00. The molecule has 1 fully saturated rings. The van der Waals surface area contributed by atoms with Crippen molar-refractivity contribution >= 4 is 17.2 Å². The third-order valence-corrected chi connectivity index (χ3v) is 5.39. The highest BCUT2D eigenvalue weighted by Crippen LogP contribution is 2.28. The summed E-state index contributed by atoms with van der Waals surface area (Å²) in [6, 6.07) is 16.7. The van der Waals surface area contributed by atoms with Crippen molar-refractivity contribution in [3.63, 3.8) is 0 Å². The Labute approximate surface area is 151 Å². The summed E-state index contributed by atoms with van der Waals surface area (Å²) >= 11 is 6.29. The molecule has 0 atom stereocenters. The van der Waals surface area contributed by atoms with Crippen molar-refractivity contribution in [3.05, 3.63) is 65.2 Å². The Morgan fingerprint density at radius 3 is 2.42 bits per heavy atom. The Balaban J connectivity index is 1.66. The van der Waals surface area contributed by atoms with Crippen LogP contribution < -0.4 is 0 Å². The van der Waals surface area contributed by atoms with E-state index >= 15 is 0 Å². The fourth-order valence-corrected chi connectivity index (χ4v) is 3.48. The van der Waals surface area contributed by atoms with Crippen molar-refractivity contribution in [2.75, 3.05) is 19.6 Å². The summed E-state index contributed by atoms with van der Waals surface area (Å²) in [6.45, 7) is 8.09. The molecule has 2 aromatic rings. The number of rotatable bonds is 4. The predicted molar refractivity (Wildman–Crippen MR) is 105 cm³/mol. The van der Waals surface area contributed by atoms with E-state index in [0.29, 0.717) is 0 Å². The van der Waals surface area contributed by atoms with Crippen LogP contribution >= 0.6 is 11.6 Å². The normalized spacial score (nSPS) is 17.2. The van der Waals surface area contributed by atoms with Crippen LogP contribution in [0.2, 0.25) is 5.02 Å². The second-order valence-corrected chi connectivity index (χ2v) is 7.33. The summed E-state index contributed by atoms with van der Waals surface area (Å²) < 4.78 is 0. The molecular weight excluding hydrogens is 314 g/mol. The molecule has 1 aliphatic heterocycles. The van der Waals surface area contributed by atoms with Gasteiger partial charge in [-0.05, 0) is 61.5 Å². The Morgan fingerprint density at radius 1 is 1.08 bits per heavy atom. The molecule has 3 rings (SSSR count). The molecule has 0 N–H and O–H groups in total. The number of nitrogens with zero attached hydrogens (tertiary/aromatic N) is 1. The van der Waals surface area contributed by atoms with Gasteiger partial charge in [0.05, 0.1) is 0 Å². The average Bonchev–Trinajstić information content (AvgIpc) is 2.61. The Kier molecular flexibility index (Phi) is 5.76. The summed E-state index contributed by atoms with van der Waals surface area (Å²) in [5.41, 5.74) is 4.90. The van der Waals surface area contributed by atoms with Crippen LogP contribution in [0.25, 0.3) is 16.7 Å². The molecular formula is C22H26ClN. The highest BCUT2D eigenvalue weighted by atomic mass is 35.5. The highest BCUT2D eigenvalue weighted by Gasteiger charge is 2.14. The fourth-order valence-electron chi connectivity index (χ4n) is 3.24. The van der Waals surface area contributed by atoms with Crippen LogP contribution in [0.5, 0.6) is 0 Å². The second-order valence-electron chi connectivity index (χ2n) is 6.93. The molecule has 0 aromatic heterocycles. The molecule has 1 aliphatic rings. The molecule has 0 saturated carbocycles. The molecule has 0 amide bonds. The Bertz CT molecular complexity index is 694. The maximum absolute atomic E-state index is 6.29. The van der Waals surface area contributed by atoms with E-state index in [-0.39, 0.29) is 0 Å². The Morgan fingerprint density at radius 2 is 1.75 bits per heavy atom. The monoisotopic (exact) mass is 339 g/mol. The standard InChI is InChI=1S/C22H26ClN/c1-17-11-14-24(15-12-17)16-13-18(2)19-7-9-20(10-8-19)21-5-3-4-6-22(21)23/h3-10,13,17H,11-12,14-16H2,1-2H3. The summed E-state index contributed by atoms with van der Waals surface area (Å²) in [5, 5.41) is 0.803. The first-order chi connectivity index (χ1) is 11.6. The number of benzene rings is 2. The average molecular weight is 340 g/mol. The van der Waals surface area contributed by atoms with Gasteiger partial charge in [-0.3, -0.25) is 4.90 Å². The van der Waals surface area contributed by atoms with E-state index in [4.69, 9.17) is 11.6 Å². The Hall–Kier alpha value is -1.57. The topological polar surface area (TPSA) is 3.24 Å². The lowest BCUT2D eigenvalue weighted by molar-refractivity contribution is 0.210. The van der Waals surface area contributed by atoms with Gasteiger partial charge >= 0.3 is 0 Å². The van der Waals surface area contributed by atoms with Crippen LogP contribution in [0.3, 0.4) is 0 Å². The third kappa shape index (κ3) is 4.28. The minimum Gasteiger partial charge on any atom is -0.300 e. The van der Waals surface area contributed by atoms with Gasteiger partial charge in [0.15, 0.2) is 0 Å². The molecule has 0 spiro atoms. The molecule has 2 heteroatoms. The molecule has 0 unspecified atom stereocenters. The SMILES string of the molecule is CC(=CCN1CCC(C)CC1)c1ccc(-c2ccccc2Cl)cc1. The van der Waals surface area contributed by atoms with Crippen LogP contribution in [0.15, 0.2) is 54.6 Å². The van der Waals surface area contributed by atoms with Gasteiger partial charge in [-0.1, -0.05) is 67.1 Å². The van der Waals surface area contributed by atoms with Crippen LogP contribution in [-0.4, -0.2) is 24.5 Å². The number of piperidine rings is 1. The van der Waals surface area contributed by atoms with Gasteiger partial charge in [-0.25, -0.2) is 0 Å². The molecule has 2 aromatic carbocycles. The first kappa shape index (κ1) is 17.3. The third-order valence-electron chi connectivity index (χ3n) is 5.06. The van der Waals surface area contributed by atoms with Gasteiger partial charge in [-0.2, -0.15) is 0 Å². The molecule has 24 heavy (non-hydrogen) atoms. The van der Waals surface area contributed by atoms with Gasteiger partial charge in [0.25, 0.3) is 0 Å². The lowest BCUT2D eigenvalue weighted by atomic mass is 9.98. The lowest BCUT2D eigenvalue weighted by Crippen LogP contribution is -2.32. The maximum atomic E-state index is 6.29. The molecule has 0 aliphatic carbocycles. The van der Waals surface area contributed by atoms with E-state index in [1.54, 1.807) is 0 Å². The first-order valence-corrected chi connectivity index (χ1v) is 9.26. The van der Waals surface area contributed by atoms with Crippen LogP contribution in [0.4, 0.5) is 0 Å². The number of allylic oxidation sites excluding steroid dienone is 1. The maximum Gasteiger partial charge on any atom is 0.0484 e. The molecule has 1 nitrogen and oxygen atoms in total. The zero-order valence-electron chi connectivity index (χ0n) is 14.6. The number of halogens is 1. The molecule has 0 bridgehead atoms. The molecule has 126 valence electrons.